The lowest BCUT2D eigenvalue weighted by molar-refractivity contribution is -0.140. The summed E-state index contributed by atoms with van der Waals surface area (Å²) in [5.41, 5.74) is 0.685. The lowest BCUT2D eigenvalue weighted by Crippen LogP contribution is -2.58. The molecule has 0 aromatic rings. The molecule has 0 aliphatic carbocycles. The van der Waals surface area contributed by atoms with Crippen LogP contribution in [0.3, 0.4) is 0 Å². The van der Waals surface area contributed by atoms with Crippen LogP contribution in [0.5, 0.6) is 0 Å². The van der Waals surface area contributed by atoms with Gasteiger partial charge in [-0.25, -0.2) is 0 Å². The first-order valence-electron chi connectivity index (χ1n) is 13.8. The van der Waals surface area contributed by atoms with Gasteiger partial charge in [0.15, 0.2) is 0 Å². The lowest BCUT2D eigenvalue weighted by atomic mass is 9.95. The molecule has 7 nitrogen and oxygen atoms in total. The van der Waals surface area contributed by atoms with Crippen LogP contribution in [0, 0.1) is 11.8 Å². The highest BCUT2D eigenvalue weighted by molar-refractivity contribution is 5.93. The molecule has 2 heterocycles. The molecule has 2 fully saturated rings. The van der Waals surface area contributed by atoms with Crippen LogP contribution in [0.25, 0.3) is 0 Å². The zero-order valence-electron chi connectivity index (χ0n) is 23.5. The fraction of sp³-hybridized carbons (Fsp3) is 0.821. The quantitative estimate of drug-likeness (QED) is 0.499. The molecule has 2 saturated heterocycles. The van der Waals surface area contributed by atoms with E-state index in [0.29, 0.717) is 5.57 Å². The summed E-state index contributed by atoms with van der Waals surface area (Å²) in [6.07, 6.45) is 8.19. The molecular weight excluding hydrogens is 440 g/mol. The van der Waals surface area contributed by atoms with E-state index in [9.17, 15) is 14.4 Å². The van der Waals surface area contributed by atoms with Crippen molar-refractivity contribution in [3.8, 4) is 0 Å². The minimum atomic E-state index is -0.601. The van der Waals surface area contributed by atoms with E-state index < -0.39 is 6.04 Å². The third-order valence-electron chi connectivity index (χ3n) is 7.62. The van der Waals surface area contributed by atoms with Gasteiger partial charge in [0.05, 0.1) is 12.1 Å². The van der Waals surface area contributed by atoms with E-state index in [1.54, 1.807) is 11.9 Å². The van der Waals surface area contributed by atoms with Crippen LogP contribution in [0.15, 0.2) is 11.6 Å². The number of piperidine rings is 2. The minimum absolute atomic E-state index is 0.0436. The van der Waals surface area contributed by atoms with Crippen molar-refractivity contribution in [1.29, 1.82) is 0 Å². The summed E-state index contributed by atoms with van der Waals surface area (Å²) in [7, 11) is 1.80. The number of carbonyl (C=O) groups excluding carboxylic acids is 3. The molecule has 2 rings (SSSR count). The molecular formula is C28H50N4O3. The molecule has 200 valence electrons. The number of rotatable bonds is 9. The normalized spacial score (nSPS) is 21.9. The summed E-state index contributed by atoms with van der Waals surface area (Å²) in [6, 6.07) is -0.724. The Kier molecular flexibility index (Phi) is 11.3. The highest BCUT2D eigenvalue weighted by Crippen LogP contribution is 2.22. The summed E-state index contributed by atoms with van der Waals surface area (Å²) in [5.74, 6) is 0.000526. The van der Waals surface area contributed by atoms with Crippen LogP contribution < -0.4 is 5.32 Å². The zero-order valence-corrected chi connectivity index (χ0v) is 23.5. The minimum Gasteiger partial charge on any atom is -0.343 e. The van der Waals surface area contributed by atoms with Gasteiger partial charge in [-0.15, -0.1) is 0 Å². The molecule has 3 amide bonds. The van der Waals surface area contributed by atoms with E-state index in [1.807, 2.05) is 31.7 Å². The van der Waals surface area contributed by atoms with Gasteiger partial charge in [-0.1, -0.05) is 40.2 Å². The van der Waals surface area contributed by atoms with Crippen molar-refractivity contribution in [3.63, 3.8) is 0 Å². The second-order valence-corrected chi connectivity index (χ2v) is 11.5. The van der Waals surface area contributed by atoms with E-state index in [2.05, 4.69) is 37.9 Å². The van der Waals surface area contributed by atoms with Gasteiger partial charge in [-0.3, -0.25) is 19.3 Å². The Labute approximate surface area is 213 Å². The summed E-state index contributed by atoms with van der Waals surface area (Å²) >= 11 is 0. The average molecular weight is 491 g/mol. The molecule has 3 atom stereocenters. The van der Waals surface area contributed by atoms with Gasteiger partial charge in [0.1, 0.15) is 6.04 Å². The third-order valence-corrected chi connectivity index (χ3v) is 7.62. The Bertz CT molecular complexity index is 755. The first-order valence-corrected chi connectivity index (χ1v) is 13.8. The molecule has 2 aliphatic heterocycles. The molecule has 0 aromatic heterocycles. The topological polar surface area (TPSA) is 73.0 Å². The predicted octanol–water partition coefficient (Wildman–Crippen LogP) is 3.83. The van der Waals surface area contributed by atoms with Gasteiger partial charge < -0.3 is 15.1 Å². The van der Waals surface area contributed by atoms with Gasteiger partial charge in [-0.2, -0.15) is 0 Å². The van der Waals surface area contributed by atoms with Crippen molar-refractivity contribution in [3.05, 3.63) is 11.6 Å². The maximum Gasteiger partial charge on any atom is 0.249 e. The van der Waals surface area contributed by atoms with Crippen molar-refractivity contribution in [1.82, 2.24) is 20.0 Å². The maximum atomic E-state index is 13.7. The van der Waals surface area contributed by atoms with Crippen LogP contribution in [0.1, 0.15) is 87.0 Å². The molecule has 0 spiro atoms. The second kappa shape index (κ2) is 13.4. The van der Waals surface area contributed by atoms with Crippen LogP contribution in [0.2, 0.25) is 0 Å². The second-order valence-electron chi connectivity index (χ2n) is 11.5. The van der Waals surface area contributed by atoms with Crippen LogP contribution in [-0.2, 0) is 14.4 Å². The van der Waals surface area contributed by atoms with E-state index in [4.69, 9.17) is 0 Å². The largest absolute Gasteiger partial charge is 0.343 e. The zero-order chi connectivity index (χ0) is 26.3. The molecule has 1 N–H and O–H groups in total. The molecule has 7 heteroatoms. The van der Waals surface area contributed by atoms with Crippen molar-refractivity contribution in [2.45, 2.75) is 111 Å². The third kappa shape index (κ3) is 7.80. The first kappa shape index (κ1) is 29.3. The summed E-state index contributed by atoms with van der Waals surface area (Å²) in [5, 5.41) is 3.11. The Balaban J connectivity index is 2.17. The molecule has 0 radical (unpaired) electrons. The number of amides is 3. The number of nitrogens with one attached hydrogen (secondary N) is 1. The molecule has 0 saturated carbocycles. The number of likely N-dealkylation sites (tertiary alicyclic amines) is 2. The van der Waals surface area contributed by atoms with Crippen molar-refractivity contribution >= 4 is 17.7 Å². The number of nitrogens with zero attached hydrogens (tertiary/aromatic N) is 3. The van der Waals surface area contributed by atoms with Crippen LogP contribution in [-0.4, -0.2) is 83.3 Å². The van der Waals surface area contributed by atoms with E-state index >= 15 is 0 Å². The molecule has 0 bridgehead atoms. The Hall–Kier alpha value is -1.89. The molecule has 2 aliphatic rings. The monoisotopic (exact) mass is 490 g/mol. The van der Waals surface area contributed by atoms with Gasteiger partial charge in [0.2, 0.25) is 17.7 Å². The predicted molar refractivity (Wildman–Crippen MR) is 142 cm³/mol. The van der Waals surface area contributed by atoms with E-state index in [1.165, 1.54) is 6.42 Å². The van der Waals surface area contributed by atoms with Crippen molar-refractivity contribution in [2.75, 3.05) is 26.7 Å². The summed E-state index contributed by atoms with van der Waals surface area (Å²) < 4.78 is 0. The van der Waals surface area contributed by atoms with Gasteiger partial charge >= 0.3 is 0 Å². The Morgan fingerprint density at radius 1 is 0.886 bits per heavy atom. The van der Waals surface area contributed by atoms with Gasteiger partial charge in [0, 0.05) is 31.8 Å². The number of likely N-dealkylation sites (N-methyl/N-ethyl adjacent to an activating group) is 1. The Morgan fingerprint density at radius 2 is 1.49 bits per heavy atom. The summed E-state index contributed by atoms with van der Waals surface area (Å²) in [4.78, 5) is 45.9. The maximum absolute atomic E-state index is 13.7. The van der Waals surface area contributed by atoms with E-state index in [0.717, 1.165) is 51.7 Å². The first-order chi connectivity index (χ1) is 16.5. The fourth-order valence-electron chi connectivity index (χ4n) is 5.41. The molecule has 0 aromatic carbocycles. The SMILES string of the molecule is C/C(=C\[C@H](C(C)C)N(C)C(=O)[C@@H](NC(=O)[C@H]1CCCCN1C(C)C)C(C)C)C(=O)N1CCCCC1. The molecule has 35 heavy (non-hydrogen) atoms. The number of carbonyl (C=O) groups is 3. The standard InChI is InChI=1S/C28H50N4O3/c1-19(2)24(18-22(7)27(34)31-15-11-9-12-16-31)30(8)28(35)25(20(3)4)29-26(33)23-14-10-13-17-32(23)21(5)6/h18-21,23-25H,9-17H2,1-8H3,(H,29,33)/b22-18+/t23-,24-,25+/m1/s1. The number of hydrogen-bond acceptors (Lipinski definition) is 4. The van der Waals surface area contributed by atoms with Gasteiger partial charge in [0.25, 0.3) is 0 Å². The van der Waals surface area contributed by atoms with Crippen LogP contribution >= 0.6 is 0 Å². The highest BCUT2D eigenvalue weighted by atomic mass is 16.2. The van der Waals surface area contributed by atoms with E-state index in [-0.39, 0.29) is 47.7 Å². The smallest absolute Gasteiger partial charge is 0.249 e. The van der Waals surface area contributed by atoms with Crippen molar-refractivity contribution in [2.24, 2.45) is 11.8 Å². The summed E-state index contributed by atoms with van der Waals surface area (Å²) in [6.45, 7) is 16.7. The fourth-order valence-corrected chi connectivity index (χ4v) is 5.41. The Morgan fingerprint density at radius 3 is 2.03 bits per heavy atom. The van der Waals surface area contributed by atoms with Gasteiger partial charge in [-0.05, 0) is 71.3 Å². The lowest BCUT2D eigenvalue weighted by Gasteiger charge is -2.39. The van der Waals surface area contributed by atoms with Crippen molar-refractivity contribution < 1.29 is 14.4 Å². The average Bonchev–Trinajstić information content (AvgIpc) is 2.84. The number of hydrogen-bond donors (Lipinski definition) is 1. The highest BCUT2D eigenvalue weighted by Gasteiger charge is 2.36. The molecule has 0 unspecified atom stereocenters. The van der Waals surface area contributed by atoms with Crippen LogP contribution in [0.4, 0.5) is 0 Å².